The second-order valence-electron chi connectivity index (χ2n) is 10.5. The number of anilines is 1. The fourth-order valence-corrected chi connectivity index (χ4v) is 5.64. The monoisotopic (exact) mass is 531 g/mol. The number of hydrogen-bond donors (Lipinski definition) is 4. The third-order valence-corrected chi connectivity index (χ3v) is 7.71. The van der Waals surface area contributed by atoms with Crippen LogP contribution in [0.25, 0.3) is 11.2 Å². The molecule has 3 rings (SSSR count). The number of aromatic nitrogens is 4. The minimum atomic E-state index is -3.88. The van der Waals surface area contributed by atoms with Crippen molar-refractivity contribution in [2.75, 3.05) is 12.1 Å². The van der Waals surface area contributed by atoms with Gasteiger partial charge < -0.3 is 20.1 Å². The molecule has 0 radical (unpaired) electrons. The number of carbonyl (C=O) groups is 2. The number of nitrogens with two attached hydrogens (primary N) is 1. The van der Waals surface area contributed by atoms with Crippen molar-refractivity contribution < 1.29 is 24.0 Å². The number of carboxylic acids is 1. The van der Waals surface area contributed by atoms with Gasteiger partial charge in [0.25, 0.3) is 13.4 Å². The number of aliphatic carboxylic acids is 1. The summed E-state index contributed by atoms with van der Waals surface area (Å²) in [5.74, 6) is -1.59. The van der Waals surface area contributed by atoms with Crippen LogP contribution in [0.2, 0.25) is 0 Å². The highest BCUT2D eigenvalue weighted by Crippen LogP contribution is 2.40. The van der Waals surface area contributed by atoms with Crippen LogP contribution in [0.3, 0.4) is 0 Å². The van der Waals surface area contributed by atoms with E-state index < -0.39 is 37.3 Å². The molecule has 0 aliphatic rings. The van der Waals surface area contributed by atoms with E-state index in [4.69, 9.17) is 10.5 Å². The Labute approximate surface area is 215 Å². The van der Waals surface area contributed by atoms with Crippen molar-refractivity contribution in [3.05, 3.63) is 48.0 Å². The quantitative estimate of drug-likeness (QED) is 0.284. The highest BCUT2D eigenvalue weighted by Gasteiger charge is 2.38. The molecule has 0 aliphatic heterocycles. The van der Waals surface area contributed by atoms with E-state index in [9.17, 15) is 19.3 Å². The van der Waals surface area contributed by atoms with E-state index in [1.54, 1.807) is 30.0 Å². The van der Waals surface area contributed by atoms with Crippen LogP contribution in [0.5, 0.6) is 0 Å². The number of fused-ring (bicyclic) bond motifs is 1. The summed E-state index contributed by atoms with van der Waals surface area (Å²) in [4.78, 5) is 37.0. The lowest BCUT2D eigenvalue weighted by Gasteiger charge is -2.29. The average molecular weight is 532 g/mol. The number of carbonyl (C=O) groups excluding carboxylic acids is 1. The van der Waals surface area contributed by atoms with Gasteiger partial charge in [0.15, 0.2) is 11.5 Å². The summed E-state index contributed by atoms with van der Waals surface area (Å²) in [7, 11) is -3.88. The van der Waals surface area contributed by atoms with Crippen LogP contribution < -0.4 is 15.9 Å². The van der Waals surface area contributed by atoms with Gasteiger partial charge in [0.2, 0.25) is 0 Å². The smallest absolute Gasteiger partial charge is 0.323 e. The SMILES string of the molecule is C[C@H](Cn1cnc2c(N)ncnc21)OC[P@@](=O)(NC(=O)c1ccc(C(C)(C)C)cc1)NC(C)(C)C(=O)O. The molecule has 0 saturated carbocycles. The fraction of sp³-hybridized carbons (Fsp3) is 0.458. The number of benzene rings is 1. The number of imidazole rings is 1. The molecule has 12 nitrogen and oxygen atoms in total. The topological polar surface area (TPSA) is 174 Å². The Morgan fingerprint density at radius 1 is 1.14 bits per heavy atom. The molecule has 37 heavy (non-hydrogen) atoms. The highest BCUT2D eigenvalue weighted by atomic mass is 31.2. The molecule has 0 bridgehead atoms. The Balaban J connectivity index is 1.76. The lowest BCUT2D eigenvalue weighted by atomic mass is 9.87. The van der Waals surface area contributed by atoms with Crippen LogP contribution in [-0.2, 0) is 26.1 Å². The van der Waals surface area contributed by atoms with Gasteiger partial charge in [-0.15, -0.1) is 0 Å². The predicted octanol–water partition coefficient (Wildman–Crippen LogP) is 3.14. The van der Waals surface area contributed by atoms with E-state index in [1.807, 2.05) is 12.1 Å². The number of nitrogens with one attached hydrogen (secondary N) is 2. The van der Waals surface area contributed by atoms with Crippen LogP contribution in [0.1, 0.15) is 57.5 Å². The van der Waals surface area contributed by atoms with Crippen LogP contribution >= 0.6 is 7.44 Å². The molecule has 5 N–H and O–H groups in total. The highest BCUT2D eigenvalue weighted by molar-refractivity contribution is 7.60. The van der Waals surface area contributed by atoms with Crippen molar-refractivity contribution in [3.8, 4) is 0 Å². The van der Waals surface area contributed by atoms with Crippen LogP contribution in [-0.4, -0.2) is 54.5 Å². The number of nitrogen functional groups attached to an aromatic ring is 1. The molecule has 2 heterocycles. The minimum absolute atomic E-state index is 0.0976. The van der Waals surface area contributed by atoms with Gasteiger partial charge in [-0.3, -0.25) is 19.2 Å². The first-order chi connectivity index (χ1) is 17.1. The summed E-state index contributed by atoms with van der Waals surface area (Å²) in [6.45, 7) is 10.9. The van der Waals surface area contributed by atoms with Crippen LogP contribution in [0, 0.1) is 0 Å². The van der Waals surface area contributed by atoms with Crippen molar-refractivity contribution in [3.63, 3.8) is 0 Å². The molecular formula is C24H34N7O5P. The zero-order chi connectivity index (χ0) is 27.6. The number of carboxylic acid groups (broad SMARTS) is 1. The molecule has 0 fully saturated rings. The van der Waals surface area contributed by atoms with Crippen molar-refractivity contribution >= 4 is 36.3 Å². The molecule has 1 aromatic carbocycles. The summed E-state index contributed by atoms with van der Waals surface area (Å²) in [6, 6.07) is 6.95. The van der Waals surface area contributed by atoms with Gasteiger partial charge in [-0.05, 0) is 43.9 Å². The van der Waals surface area contributed by atoms with Gasteiger partial charge >= 0.3 is 5.97 Å². The van der Waals surface area contributed by atoms with Gasteiger partial charge in [0, 0.05) is 5.56 Å². The van der Waals surface area contributed by atoms with E-state index in [-0.39, 0.29) is 17.8 Å². The summed E-state index contributed by atoms with van der Waals surface area (Å²) in [5, 5.41) is 14.7. The third kappa shape index (κ3) is 6.91. The normalized spacial score (nSPS) is 14.8. The Morgan fingerprint density at radius 3 is 2.38 bits per heavy atom. The zero-order valence-electron chi connectivity index (χ0n) is 21.8. The number of hydrogen-bond acceptors (Lipinski definition) is 8. The Hall–Kier alpha value is -3.34. The Kier molecular flexibility index (Phi) is 8.06. The lowest BCUT2D eigenvalue weighted by Crippen LogP contribution is -2.48. The maximum Gasteiger partial charge on any atom is 0.323 e. The second-order valence-corrected chi connectivity index (χ2v) is 12.7. The van der Waals surface area contributed by atoms with E-state index in [2.05, 4.69) is 45.9 Å². The molecule has 13 heteroatoms. The van der Waals surface area contributed by atoms with Gasteiger partial charge in [-0.1, -0.05) is 32.9 Å². The summed E-state index contributed by atoms with van der Waals surface area (Å²) >= 11 is 0. The van der Waals surface area contributed by atoms with Gasteiger partial charge in [-0.2, -0.15) is 0 Å². The van der Waals surface area contributed by atoms with Crippen LogP contribution in [0.15, 0.2) is 36.9 Å². The number of ether oxygens (including phenoxy) is 1. The lowest BCUT2D eigenvalue weighted by molar-refractivity contribution is -0.142. The van der Waals surface area contributed by atoms with E-state index in [0.29, 0.717) is 16.7 Å². The largest absolute Gasteiger partial charge is 0.480 e. The Bertz CT molecular complexity index is 1330. The van der Waals surface area contributed by atoms with E-state index in [1.165, 1.54) is 20.2 Å². The Morgan fingerprint density at radius 2 is 1.78 bits per heavy atom. The molecule has 0 saturated heterocycles. The summed E-state index contributed by atoms with van der Waals surface area (Å²) in [6.07, 6.45) is 1.93. The number of nitrogens with zero attached hydrogens (tertiary/aromatic N) is 4. The third-order valence-electron chi connectivity index (χ3n) is 5.71. The summed E-state index contributed by atoms with van der Waals surface area (Å²) < 4.78 is 21.4. The molecular weight excluding hydrogens is 497 g/mol. The first-order valence-corrected chi connectivity index (χ1v) is 13.6. The molecule has 200 valence electrons. The van der Waals surface area contributed by atoms with Crippen molar-refractivity contribution in [2.45, 2.75) is 65.1 Å². The molecule has 1 amide bonds. The molecule has 0 aliphatic carbocycles. The molecule has 2 atom stereocenters. The minimum Gasteiger partial charge on any atom is -0.480 e. The predicted molar refractivity (Wildman–Crippen MR) is 140 cm³/mol. The summed E-state index contributed by atoms with van der Waals surface area (Å²) in [5.41, 5.74) is 6.43. The molecule has 0 spiro atoms. The van der Waals surface area contributed by atoms with Crippen molar-refractivity contribution in [1.82, 2.24) is 29.7 Å². The first-order valence-electron chi connectivity index (χ1n) is 11.7. The number of amides is 1. The average Bonchev–Trinajstić information content (AvgIpc) is 3.21. The molecule has 2 aromatic heterocycles. The van der Waals surface area contributed by atoms with Gasteiger partial charge in [0.1, 0.15) is 23.7 Å². The van der Waals surface area contributed by atoms with Gasteiger partial charge in [0.05, 0.1) is 19.0 Å². The second kappa shape index (κ2) is 10.6. The van der Waals surface area contributed by atoms with Crippen molar-refractivity contribution in [1.29, 1.82) is 0 Å². The van der Waals surface area contributed by atoms with Crippen molar-refractivity contribution in [2.24, 2.45) is 0 Å². The molecule has 0 unspecified atom stereocenters. The standard InChI is InChI=1S/C24H34N7O5P/c1-15(11-31-13-28-18-19(25)26-12-27-20(18)31)36-14-37(35,30-24(5,6)22(33)34)29-21(32)16-7-9-17(10-8-16)23(2,3)4/h7-10,12-13,15H,11,14H2,1-6H3,(H,33,34)(H2,25,26,27)(H2,29,30,32,35)/t15-,37-/m1/s1. The maximum absolute atomic E-state index is 13.8. The number of rotatable bonds is 10. The first kappa shape index (κ1) is 28.2. The van der Waals surface area contributed by atoms with Crippen LogP contribution in [0.4, 0.5) is 5.82 Å². The van der Waals surface area contributed by atoms with E-state index >= 15 is 0 Å². The maximum atomic E-state index is 13.8. The zero-order valence-corrected chi connectivity index (χ0v) is 22.7. The molecule has 3 aromatic rings. The fourth-order valence-electron chi connectivity index (χ4n) is 3.54. The van der Waals surface area contributed by atoms with Gasteiger partial charge in [-0.25, -0.2) is 20.0 Å². The van der Waals surface area contributed by atoms with E-state index in [0.717, 1.165) is 5.56 Å².